The maximum Gasteiger partial charge on any atom is 0.326 e. The highest BCUT2D eigenvalue weighted by Gasteiger charge is 2.23. The Morgan fingerprint density at radius 2 is 2.05 bits per heavy atom. The minimum atomic E-state index is -1.04. The van der Waals surface area contributed by atoms with E-state index >= 15 is 0 Å². The fourth-order valence-corrected chi connectivity index (χ4v) is 2.76. The van der Waals surface area contributed by atoms with Crippen molar-refractivity contribution in [1.29, 1.82) is 0 Å². The third-order valence-corrected chi connectivity index (χ3v) is 3.99. The first-order valence-electron chi connectivity index (χ1n) is 6.59. The number of aliphatic carboxylic acids is 1. The monoisotopic (exact) mass is 307 g/mol. The van der Waals surface area contributed by atoms with Crippen LogP contribution in [0.5, 0.6) is 0 Å². The third-order valence-electron chi connectivity index (χ3n) is 2.96. The summed E-state index contributed by atoms with van der Waals surface area (Å²) in [5.74, 6) is -1.23. The van der Waals surface area contributed by atoms with Crippen molar-refractivity contribution >= 4 is 33.6 Å². The molecule has 0 saturated heterocycles. The molecule has 0 aliphatic heterocycles. The van der Waals surface area contributed by atoms with Crippen LogP contribution >= 0.6 is 11.3 Å². The highest BCUT2D eigenvalue weighted by atomic mass is 32.1. The van der Waals surface area contributed by atoms with Crippen LogP contribution in [0.25, 0.3) is 10.2 Å². The maximum absolute atomic E-state index is 11.7. The van der Waals surface area contributed by atoms with Gasteiger partial charge in [-0.15, -0.1) is 11.3 Å². The normalized spacial score (nSPS) is 12.3. The molecule has 2 rings (SSSR count). The molecule has 0 fully saturated rings. The molecule has 0 aliphatic rings. The third kappa shape index (κ3) is 3.91. The molecular formula is C14H17N3O3S. The zero-order valence-electron chi connectivity index (χ0n) is 11.8. The van der Waals surface area contributed by atoms with Crippen LogP contribution in [0.15, 0.2) is 24.3 Å². The number of hydrogen-bond acceptors (Lipinski definition) is 4. The van der Waals surface area contributed by atoms with Gasteiger partial charge in [0.2, 0.25) is 0 Å². The first-order chi connectivity index (χ1) is 9.97. The second-order valence-corrected chi connectivity index (χ2v) is 6.08. The lowest BCUT2D eigenvalue weighted by molar-refractivity contribution is -0.140. The number of carboxylic acids is 1. The topological polar surface area (TPSA) is 91.3 Å². The summed E-state index contributed by atoms with van der Waals surface area (Å²) in [6.07, 6.45) is 0. The lowest BCUT2D eigenvalue weighted by Gasteiger charge is -2.17. The van der Waals surface area contributed by atoms with Gasteiger partial charge < -0.3 is 15.7 Å². The van der Waals surface area contributed by atoms with Crippen molar-refractivity contribution in [2.24, 2.45) is 5.92 Å². The van der Waals surface area contributed by atoms with Gasteiger partial charge in [-0.1, -0.05) is 26.0 Å². The largest absolute Gasteiger partial charge is 0.480 e. The standard InChI is InChI=1S/C14H17N3O3S/c1-8(2)12(13(18)19)17-14(20)15-7-11-16-9-5-3-4-6-10(9)21-11/h3-6,8,12H,7H2,1-2H3,(H,18,19)(H2,15,17,20). The maximum atomic E-state index is 11.7. The van der Waals surface area contributed by atoms with E-state index in [1.165, 1.54) is 11.3 Å². The van der Waals surface area contributed by atoms with Gasteiger partial charge in [-0.25, -0.2) is 14.6 Å². The van der Waals surface area contributed by atoms with E-state index in [4.69, 9.17) is 5.11 Å². The molecule has 7 heteroatoms. The van der Waals surface area contributed by atoms with Crippen molar-refractivity contribution in [2.75, 3.05) is 0 Å². The van der Waals surface area contributed by atoms with Gasteiger partial charge in [0.15, 0.2) is 0 Å². The molecule has 1 heterocycles. The number of hydrogen-bond donors (Lipinski definition) is 3. The number of aromatic nitrogens is 1. The van der Waals surface area contributed by atoms with Crippen LogP contribution in [0, 0.1) is 5.92 Å². The molecule has 2 aromatic rings. The number of amides is 2. The number of nitrogens with zero attached hydrogens (tertiary/aromatic N) is 1. The molecule has 1 atom stereocenters. The minimum absolute atomic E-state index is 0.185. The molecular weight excluding hydrogens is 290 g/mol. The Morgan fingerprint density at radius 1 is 1.33 bits per heavy atom. The molecule has 112 valence electrons. The van der Waals surface area contributed by atoms with Crippen LogP contribution in [0.2, 0.25) is 0 Å². The molecule has 2 amide bonds. The number of urea groups is 1. The average Bonchev–Trinajstić information content (AvgIpc) is 2.84. The smallest absolute Gasteiger partial charge is 0.326 e. The summed E-state index contributed by atoms with van der Waals surface area (Å²) in [6.45, 7) is 3.76. The van der Waals surface area contributed by atoms with Gasteiger partial charge in [0, 0.05) is 0 Å². The van der Waals surface area contributed by atoms with Gasteiger partial charge in [-0.2, -0.15) is 0 Å². The van der Waals surface area contributed by atoms with E-state index in [0.717, 1.165) is 15.2 Å². The number of carbonyl (C=O) groups excluding carboxylic acids is 1. The van der Waals surface area contributed by atoms with E-state index in [0.29, 0.717) is 0 Å². The Hall–Kier alpha value is -2.15. The van der Waals surface area contributed by atoms with E-state index in [-0.39, 0.29) is 12.5 Å². The van der Waals surface area contributed by atoms with Crippen molar-refractivity contribution in [3.8, 4) is 0 Å². The van der Waals surface area contributed by atoms with E-state index < -0.39 is 18.0 Å². The van der Waals surface area contributed by atoms with E-state index in [1.54, 1.807) is 13.8 Å². The summed E-state index contributed by atoms with van der Waals surface area (Å²) >= 11 is 1.50. The first kappa shape index (κ1) is 15.2. The van der Waals surface area contributed by atoms with Crippen molar-refractivity contribution in [2.45, 2.75) is 26.4 Å². The van der Waals surface area contributed by atoms with Crippen LogP contribution in [0.4, 0.5) is 4.79 Å². The Kier molecular flexibility index (Phi) is 4.74. The number of fused-ring (bicyclic) bond motifs is 1. The summed E-state index contributed by atoms with van der Waals surface area (Å²) in [5, 5.41) is 14.9. The summed E-state index contributed by atoms with van der Waals surface area (Å²) in [7, 11) is 0. The van der Waals surface area contributed by atoms with Crippen LogP contribution in [-0.4, -0.2) is 28.1 Å². The predicted octanol–water partition coefficient (Wildman–Crippen LogP) is 2.20. The minimum Gasteiger partial charge on any atom is -0.480 e. The number of carboxylic acid groups (broad SMARTS) is 1. The molecule has 0 saturated carbocycles. The Morgan fingerprint density at radius 3 is 2.67 bits per heavy atom. The lowest BCUT2D eigenvalue weighted by atomic mass is 10.1. The second kappa shape index (κ2) is 6.53. The average molecular weight is 307 g/mol. The van der Waals surface area contributed by atoms with Crippen LogP contribution < -0.4 is 10.6 Å². The van der Waals surface area contributed by atoms with Gasteiger partial charge >= 0.3 is 12.0 Å². The molecule has 0 bridgehead atoms. The fourth-order valence-electron chi connectivity index (χ4n) is 1.86. The van der Waals surface area contributed by atoms with E-state index in [2.05, 4.69) is 15.6 Å². The number of carbonyl (C=O) groups is 2. The molecule has 1 aromatic carbocycles. The van der Waals surface area contributed by atoms with Crippen molar-refractivity contribution < 1.29 is 14.7 Å². The molecule has 0 spiro atoms. The van der Waals surface area contributed by atoms with Crippen LogP contribution in [0.3, 0.4) is 0 Å². The van der Waals surface area contributed by atoms with Crippen LogP contribution in [0.1, 0.15) is 18.9 Å². The zero-order chi connectivity index (χ0) is 15.4. The number of benzene rings is 1. The highest BCUT2D eigenvalue weighted by molar-refractivity contribution is 7.18. The molecule has 0 aliphatic carbocycles. The molecule has 21 heavy (non-hydrogen) atoms. The van der Waals surface area contributed by atoms with Crippen molar-refractivity contribution in [3.05, 3.63) is 29.3 Å². The molecule has 3 N–H and O–H groups in total. The lowest BCUT2D eigenvalue weighted by Crippen LogP contribution is -2.48. The summed E-state index contributed by atoms with van der Waals surface area (Å²) in [4.78, 5) is 27.2. The van der Waals surface area contributed by atoms with Gasteiger partial charge in [-0.3, -0.25) is 0 Å². The molecule has 1 aromatic heterocycles. The van der Waals surface area contributed by atoms with Gasteiger partial charge in [0.05, 0.1) is 16.8 Å². The predicted molar refractivity (Wildman–Crippen MR) is 81.3 cm³/mol. The van der Waals surface area contributed by atoms with Crippen molar-refractivity contribution in [1.82, 2.24) is 15.6 Å². The molecule has 6 nitrogen and oxygen atoms in total. The Balaban J connectivity index is 1.93. The summed E-state index contributed by atoms with van der Waals surface area (Å²) in [6, 6.07) is 6.32. The Bertz CT molecular complexity index is 621. The Labute approximate surface area is 126 Å². The van der Waals surface area contributed by atoms with Crippen molar-refractivity contribution in [3.63, 3.8) is 0 Å². The second-order valence-electron chi connectivity index (χ2n) is 4.96. The summed E-state index contributed by atoms with van der Waals surface area (Å²) < 4.78 is 1.06. The highest BCUT2D eigenvalue weighted by Crippen LogP contribution is 2.21. The van der Waals surface area contributed by atoms with Gasteiger partial charge in [-0.05, 0) is 18.1 Å². The van der Waals surface area contributed by atoms with Crippen LogP contribution in [-0.2, 0) is 11.3 Å². The van der Waals surface area contributed by atoms with Gasteiger partial charge in [0.25, 0.3) is 0 Å². The van der Waals surface area contributed by atoms with Gasteiger partial charge in [0.1, 0.15) is 11.0 Å². The quantitative estimate of drug-likeness (QED) is 0.789. The zero-order valence-corrected chi connectivity index (χ0v) is 12.6. The van der Waals surface area contributed by atoms with E-state index in [9.17, 15) is 9.59 Å². The molecule has 0 radical (unpaired) electrons. The number of rotatable bonds is 5. The number of thiazole rings is 1. The number of para-hydroxylation sites is 1. The first-order valence-corrected chi connectivity index (χ1v) is 7.40. The van der Waals surface area contributed by atoms with E-state index in [1.807, 2.05) is 24.3 Å². The fraction of sp³-hybridized carbons (Fsp3) is 0.357. The summed E-state index contributed by atoms with van der Waals surface area (Å²) in [5.41, 5.74) is 0.894. The SMILES string of the molecule is CC(C)C(NC(=O)NCc1nc2ccccc2s1)C(=O)O. The number of nitrogens with one attached hydrogen (secondary N) is 2. The molecule has 1 unspecified atom stereocenters.